The molecule has 0 spiro atoms. The summed E-state index contributed by atoms with van der Waals surface area (Å²) in [4.78, 5) is 24.9. The average Bonchev–Trinajstić information content (AvgIpc) is 3.30. The van der Waals surface area contributed by atoms with Crippen LogP contribution in [0.3, 0.4) is 0 Å². The maximum Gasteiger partial charge on any atom is 0.353 e. The van der Waals surface area contributed by atoms with Crippen LogP contribution in [-0.4, -0.2) is 23.2 Å². The number of fused-ring (bicyclic) bond motifs is 1. The number of nitrogens with zero attached hydrogens (tertiary/aromatic N) is 1. The van der Waals surface area contributed by atoms with E-state index >= 15 is 0 Å². The summed E-state index contributed by atoms with van der Waals surface area (Å²) in [6.07, 6.45) is 1.43. The van der Waals surface area contributed by atoms with Gasteiger partial charge >= 0.3 is 5.97 Å². The van der Waals surface area contributed by atoms with Crippen molar-refractivity contribution in [3.63, 3.8) is 0 Å². The van der Waals surface area contributed by atoms with Crippen molar-refractivity contribution < 1.29 is 19.4 Å². The molecular weight excluding hydrogens is 400 g/mol. The Hall–Kier alpha value is -3.97. The SMILES string of the molecule is O=C(Oc1cccc(/C=N\NC(=O)c2ccc3ccccc3c2O)c1)c1cccs1. The van der Waals surface area contributed by atoms with Gasteiger partial charge in [0.05, 0.1) is 11.8 Å². The van der Waals surface area contributed by atoms with Crippen molar-refractivity contribution in [2.75, 3.05) is 0 Å². The van der Waals surface area contributed by atoms with Crippen LogP contribution in [0.5, 0.6) is 11.5 Å². The van der Waals surface area contributed by atoms with Gasteiger partial charge in [0.25, 0.3) is 5.91 Å². The van der Waals surface area contributed by atoms with E-state index in [4.69, 9.17) is 4.74 Å². The molecule has 1 heterocycles. The van der Waals surface area contributed by atoms with E-state index in [1.54, 1.807) is 66.0 Å². The standard InChI is InChI=1S/C23H16N2O4S/c26-21-18-8-2-1-6-16(18)10-11-19(21)22(27)25-24-14-15-5-3-7-17(13-15)29-23(28)20-9-4-12-30-20/h1-14,26H,(H,25,27)/b24-14-. The van der Waals surface area contributed by atoms with Gasteiger partial charge in [-0.1, -0.05) is 48.5 Å². The summed E-state index contributed by atoms with van der Waals surface area (Å²) in [7, 11) is 0. The number of carbonyl (C=O) groups is 2. The van der Waals surface area contributed by atoms with Gasteiger partial charge in [0.15, 0.2) is 0 Å². The Morgan fingerprint density at radius 2 is 1.87 bits per heavy atom. The molecule has 30 heavy (non-hydrogen) atoms. The van der Waals surface area contributed by atoms with E-state index in [0.29, 0.717) is 21.6 Å². The third kappa shape index (κ3) is 4.21. The summed E-state index contributed by atoms with van der Waals surface area (Å²) in [5.74, 6) is -0.687. The number of hydrogen-bond donors (Lipinski definition) is 2. The summed E-state index contributed by atoms with van der Waals surface area (Å²) in [6.45, 7) is 0. The van der Waals surface area contributed by atoms with Gasteiger partial charge in [-0.3, -0.25) is 4.79 Å². The Bertz CT molecular complexity index is 1250. The lowest BCUT2D eigenvalue weighted by Gasteiger charge is -2.06. The molecule has 7 heteroatoms. The molecule has 0 saturated heterocycles. The molecule has 0 atom stereocenters. The molecule has 0 unspecified atom stereocenters. The molecule has 148 valence electrons. The van der Waals surface area contributed by atoms with Crippen LogP contribution in [0.4, 0.5) is 0 Å². The number of phenolic OH excluding ortho intramolecular Hbond substituents is 1. The lowest BCUT2D eigenvalue weighted by molar-refractivity contribution is 0.0739. The Balaban J connectivity index is 1.44. The van der Waals surface area contributed by atoms with Crippen molar-refractivity contribution >= 4 is 40.2 Å². The summed E-state index contributed by atoms with van der Waals surface area (Å²) < 4.78 is 5.34. The van der Waals surface area contributed by atoms with Crippen molar-refractivity contribution in [1.29, 1.82) is 0 Å². The third-order valence-electron chi connectivity index (χ3n) is 4.32. The summed E-state index contributed by atoms with van der Waals surface area (Å²) >= 11 is 1.30. The fourth-order valence-corrected chi connectivity index (χ4v) is 3.47. The molecule has 0 fully saturated rings. The second-order valence-corrected chi connectivity index (χ2v) is 7.27. The van der Waals surface area contributed by atoms with Gasteiger partial charge in [-0.2, -0.15) is 5.10 Å². The zero-order valence-corrected chi connectivity index (χ0v) is 16.4. The number of nitrogens with one attached hydrogen (secondary N) is 1. The topological polar surface area (TPSA) is 88.0 Å². The van der Waals surface area contributed by atoms with Gasteiger partial charge < -0.3 is 9.84 Å². The number of phenols is 1. The first-order valence-corrected chi connectivity index (χ1v) is 9.89. The second-order valence-electron chi connectivity index (χ2n) is 6.32. The number of hydrazone groups is 1. The molecule has 0 aliphatic rings. The predicted octanol–water partition coefficient (Wildman–Crippen LogP) is 4.59. The van der Waals surface area contributed by atoms with Gasteiger partial charge in [-0.25, -0.2) is 10.2 Å². The van der Waals surface area contributed by atoms with E-state index < -0.39 is 11.9 Å². The first-order chi connectivity index (χ1) is 14.6. The number of rotatable bonds is 5. The number of ether oxygens (including phenoxy) is 1. The van der Waals surface area contributed by atoms with Crippen LogP contribution < -0.4 is 10.2 Å². The average molecular weight is 416 g/mol. The minimum Gasteiger partial charge on any atom is -0.506 e. The number of esters is 1. The van der Waals surface area contributed by atoms with Crippen LogP contribution in [0.1, 0.15) is 25.6 Å². The lowest BCUT2D eigenvalue weighted by atomic mass is 10.1. The lowest BCUT2D eigenvalue weighted by Crippen LogP contribution is -2.17. The zero-order valence-electron chi connectivity index (χ0n) is 15.6. The van der Waals surface area contributed by atoms with E-state index in [-0.39, 0.29) is 11.3 Å². The molecule has 1 aromatic heterocycles. The monoisotopic (exact) mass is 416 g/mol. The molecule has 0 aliphatic carbocycles. The summed E-state index contributed by atoms with van der Waals surface area (Å²) in [5.41, 5.74) is 3.16. The number of aromatic hydroxyl groups is 1. The number of thiophene rings is 1. The van der Waals surface area contributed by atoms with Gasteiger partial charge in [0.2, 0.25) is 0 Å². The molecule has 3 aromatic carbocycles. The molecular formula is C23H16N2O4S. The molecule has 0 radical (unpaired) electrons. The largest absolute Gasteiger partial charge is 0.506 e. The number of amides is 1. The molecule has 0 saturated carbocycles. The third-order valence-corrected chi connectivity index (χ3v) is 5.17. The Morgan fingerprint density at radius 1 is 1.00 bits per heavy atom. The van der Waals surface area contributed by atoms with Gasteiger partial charge in [0.1, 0.15) is 16.4 Å². The minimum atomic E-state index is -0.533. The summed E-state index contributed by atoms with van der Waals surface area (Å²) in [6, 6.07) is 20.8. The van der Waals surface area contributed by atoms with E-state index in [1.807, 2.05) is 12.1 Å². The van der Waals surface area contributed by atoms with E-state index in [1.165, 1.54) is 17.6 Å². The maximum atomic E-state index is 12.4. The smallest absolute Gasteiger partial charge is 0.353 e. The Labute approximate surface area is 176 Å². The van der Waals surface area contributed by atoms with Crippen molar-refractivity contribution in [1.82, 2.24) is 5.43 Å². The highest BCUT2D eigenvalue weighted by atomic mass is 32.1. The molecule has 4 aromatic rings. The van der Waals surface area contributed by atoms with Crippen molar-refractivity contribution in [2.24, 2.45) is 5.10 Å². The molecule has 6 nitrogen and oxygen atoms in total. The van der Waals surface area contributed by atoms with E-state index in [0.717, 1.165) is 5.39 Å². The molecule has 2 N–H and O–H groups in total. The molecule has 1 amide bonds. The minimum absolute atomic E-state index is 0.0942. The van der Waals surface area contributed by atoms with Gasteiger partial charge in [-0.05, 0) is 40.6 Å². The van der Waals surface area contributed by atoms with Crippen LogP contribution >= 0.6 is 11.3 Å². The molecule has 0 aliphatic heterocycles. The summed E-state index contributed by atoms with van der Waals surface area (Å²) in [5, 5.41) is 17.5. The van der Waals surface area contributed by atoms with Gasteiger partial charge in [0, 0.05) is 5.39 Å². The highest BCUT2D eigenvalue weighted by Gasteiger charge is 2.13. The highest BCUT2D eigenvalue weighted by Crippen LogP contribution is 2.28. The van der Waals surface area contributed by atoms with E-state index in [2.05, 4.69) is 10.5 Å². The quantitative estimate of drug-likeness (QED) is 0.216. The van der Waals surface area contributed by atoms with Crippen LogP contribution in [0.25, 0.3) is 10.8 Å². The fourth-order valence-electron chi connectivity index (χ4n) is 2.87. The van der Waals surface area contributed by atoms with Crippen molar-refractivity contribution in [3.8, 4) is 11.5 Å². The fraction of sp³-hybridized carbons (Fsp3) is 0. The molecule has 0 bridgehead atoms. The molecule has 4 rings (SSSR count). The second kappa shape index (κ2) is 8.59. The first kappa shape index (κ1) is 19.4. The van der Waals surface area contributed by atoms with Crippen molar-refractivity contribution in [3.05, 3.63) is 94.2 Å². The van der Waals surface area contributed by atoms with Crippen molar-refractivity contribution in [2.45, 2.75) is 0 Å². The van der Waals surface area contributed by atoms with Crippen LogP contribution in [0.15, 0.2) is 83.3 Å². The number of hydrogen-bond acceptors (Lipinski definition) is 6. The normalized spacial score (nSPS) is 10.9. The maximum absolute atomic E-state index is 12.4. The Morgan fingerprint density at radius 3 is 2.70 bits per heavy atom. The van der Waals surface area contributed by atoms with Crippen LogP contribution in [0.2, 0.25) is 0 Å². The first-order valence-electron chi connectivity index (χ1n) is 9.02. The zero-order chi connectivity index (χ0) is 20.9. The van der Waals surface area contributed by atoms with Crippen LogP contribution in [0, 0.1) is 0 Å². The van der Waals surface area contributed by atoms with Gasteiger partial charge in [-0.15, -0.1) is 11.3 Å². The number of carbonyl (C=O) groups excluding carboxylic acids is 2. The van der Waals surface area contributed by atoms with Crippen LogP contribution in [-0.2, 0) is 0 Å². The van der Waals surface area contributed by atoms with E-state index in [9.17, 15) is 14.7 Å². The predicted molar refractivity (Wildman–Crippen MR) is 116 cm³/mol. The highest BCUT2D eigenvalue weighted by molar-refractivity contribution is 7.12. The number of benzene rings is 3. The Kier molecular flexibility index (Phi) is 5.54.